The van der Waals surface area contributed by atoms with Crippen molar-refractivity contribution in [1.29, 1.82) is 0 Å². The highest BCUT2D eigenvalue weighted by Crippen LogP contribution is 2.30. The number of benzene rings is 2. The molecular formula is C20H14F3N3O2. The van der Waals surface area contributed by atoms with Gasteiger partial charge in [0.1, 0.15) is 11.6 Å². The first-order valence-electron chi connectivity index (χ1n) is 8.38. The first-order chi connectivity index (χ1) is 13.4. The minimum Gasteiger partial charge on any atom is -0.406 e. The van der Waals surface area contributed by atoms with Gasteiger partial charge in [-0.3, -0.25) is 4.79 Å². The lowest BCUT2D eigenvalue weighted by atomic mass is 10.0. The van der Waals surface area contributed by atoms with Crippen LogP contribution in [0.2, 0.25) is 0 Å². The normalized spacial score (nSPS) is 13.0. The van der Waals surface area contributed by atoms with Crippen LogP contribution in [-0.4, -0.2) is 17.3 Å². The summed E-state index contributed by atoms with van der Waals surface area (Å²) in [5.74, 6) is 0.137. The van der Waals surface area contributed by atoms with Crippen LogP contribution in [0.3, 0.4) is 0 Å². The predicted octanol–water partition coefficient (Wildman–Crippen LogP) is 4.89. The standard InChI is InChI=1S/C20H14F3N3O2/c21-20(22,23)28-16-3-1-2-15(10-16)25-18-7-6-14(11-24-18)12-4-5-13-9-19(27)26-17(13)8-12/h1-8,10-11H,9H2,(H,24,25)(H,26,27). The summed E-state index contributed by atoms with van der Waals surface area (Å²) in [6, 6.07) is 14.8. The SMILES string of the molecule is O=C1Cc2ccc(-c3ccc(Nc4cccc(OC(F)(F)F)c4)nc3)cc2N1. The molecule has 0 saturated carbocycles. The highest BCUT2D eigenvalue weighted by atomic mass is 19.4. The number of ether oxygens (including phenoxy) is 1. The number of fused-ring (bicyclic) bond motifs is 1. The molecule has 2 heterocycles. The number of amides is 1. The van der Waals surface area contributed by atoms with Gasteiger partial charge in [-0.2, -0.15) is 0 Å². The molecule has 0 radical (unpaired) electrons. The van der Waals surface area contributed by atoms with Gasteiger partial charge in [0.2, 0.25) is 5.91 Å². The molecule has 8 heteroatoms. The van der Waals surface area contributed by atoms with Crippen molar-refractivity contribution in [3.05, 3.63) is 66.4 Å². The summed E-state index contributed by atoms with van der Waals surface area (Å²) in [7, 11) is 0. The van der Waals surface area contributed by atoms with Crippen LogP contribution in [0, 0.1) is 0 Å². The number of rotatable bonds is 4. The van der Waals surface area contributed by atoms with E-state index in [-0.39, 0.29) is 11.7 Å². The summed E-state index contributed by atoms with van der Waals surface area (Å²) in [6.45, 7) is 0. The number of aromatic nitrogens is 1. The van der Waals surface area contributed by atoms with Crippen molar-refractivity contribution in [3.63, 3.8) is 0 Å². The highest BCUT2D eigenvalue weighted by Gasteiger charge is 2.31. The number of hydrogen-bond acceptors (Lipinski definition) is 4. The lowest BCUT2D eigenvalue weighted by molar-refractivity contribution is -0.274. The molecule has 1 amide bonds. The number of nitrogens with one attached hydrogen (secondary N) is 2. The van der Waals surface area contributed by atoms with Crippen molar-refractivity contribution >= 4 is 23.1 Å². The second-order valence-electron chi connectivity index (χ2n) is 6.23. The zero-order valence-electron chi connectivity index (χ0n) is 14.4. The van der Waals surface area contributed by atoms with Crippen molar-refractivity contribution in [1.82, 2.24) is 4.98 Å². The van der Waals surface area contributed by atoms with E-state index in [0.29, 0.717) is 17.9 Å². The van der Waals surface area contributed by atoms with E-state index in [1.807, 2.05) is 24.3 Å². The van der Waals surface area contributed by atoms with Crippen LogP contribution in [0.5, 0.6) is 5.75 Å². The maximum absolute atomic E-state index is 12.3. The Morgan fingerprint density at radius 3 is 2.61 bits per heavy atom. The smallest absolute Gasteiger partial charge is 0.406 e. The Labute approximate surface area is 158 Å². The number of carbonyl (C=O) groups excluding carboxylic acids is 1. The number of carbonyl (C=O) groups is 1. The van der Waals surface area contributed by atoms with E-state index in [4.69, 9.17) is 0 Å². The Morgan fingerprint density at radius 1 is 1.04 bits per heavy atom. The molecule has 0 bridgehead atoms. The number of pyridine rings is 1. The summed E-state index contributed by atoms with van der Waals surface area (Å²) in [6.07, 6.45) is -2.71. The van der Waals surface area contributed by atoms with Gasteiger partial charge in [-0.05, 0) is 41.5 Å². The van der Waals surface area contributed by atoms with E-state index in [1.54, 1.807) is 18.3 Å². The van der Waals surface area contributed by atoms with E-state index < -0.39 is 6.36 Å². The Bertz CT molecular complexity index is 1030. The summed E-state index contributed by atoms with van der Waals surface area (Å²) < 4.78 is 40.9. The molecule has 5 nitrogen and oxygen atoms in total. The van der Waals surface area contributed by atoms with Crippen LogP contribution in [0.1, 0.15) is 5.56 Å². The number of anilines is 3. The Hall–Kier alpha value is -3.55. The van der Waals surface area contributed by atoms with E-state index in [0.717, 1.165) is 22.4 Å². The predicted molar refractivity (Wildman–Crippen MR) is 98.4 cm³/mol. The molecule has 142 valence electrons. The van der Waals surface area contributed by atoms with Gasteiger partial charge in [-0.25, -0.2) is 4.98 Å². The molecule has 4 rings (SSSR count). The van der Waals surface area contributed by atoms with Gasteiger partial charge in [0.25, 0.3) is 0 Å². The van der Waals surface area contributed by atoms with Gasteiger partial charge < -0.3 is 15.4 Å². The van der Waals surface area contributed by atoms with E-state index in [9.17, 15) is 18.0 Å². The van der Waals surface area contributed by atoms with E-state index >= 15 is 0 Å². The first-order valence-corrected chi connectivity index (χ1v) is 8.38. The maximum atomic E-state index is 12.3. The van der Waals surface area contributed by atoms with Crippen molar-refractivity contribution in [2.75, 3.05) is 10.6 Å². The molecule has 2 N–H and O–H groups in total. The van der Waals surface area contributed by atoms with Gasteiger partial charge in [0, 0.05) is 29.2 Å². The second-order valence-corrected chi connectivity index (χ2v) is 6.23. The largest absolute Gasteiger partial charge is 0.573 e. The Kier molecular flexibility index (Phi) is 4.38. The molecule has 2 aromatic carbocycles. The maximum Gasteiger partial charge on any atom is 0.573 e. The fourth-order valence-electron chi connectivity index (χ4n) is 2.95. The van der Waals surface area contributed by atoms with Crippen molar-refractivity contribution in [2.24, 2.45) is 0 Å². The molecule has 1 aliphatic rings. The molecule has 0 fully saturated rings. The van der Waals surface area contributed by atoms with Gasteiger partial charge in [0.15, 0.2) is 0 Å². The van der Waals surface area contributed by atoms with Crippen LogP contribution >= 0.6 is 0 Å². The number of halogens is 3. The summed E-state index contributed by atoms with van der Waals surface area (Å²) >= 11 is 0. The minimum atomic E-state index is -4.74. The third-order valence-corrected chi connectivity index (χ3v) is 4.17. The van der Waals surface area contributed by atoms with Gasteiger partial charge in [-0.15, -0.1) is 13.2 Å². The van der Waals surface area contributed by atoms with Gasteiger partial charge in [0.05, 0.1) is 6.42 Å². The summed E-state index contributed by atoms with van der Waals surface area (Å²) in [5, 5.41) is 5.75. The number of nitrogens with zero attached hydrogens (tertiary/aromatic N) is 1. The van der Waals surface area contributed by atoms with Crippen LogP contribution < -0.4 is 15.4 Å². The Balaban J connectivity index is 1.49. The topological polar surface area (TPSA) is 63.2 Å². The van der Waals surface area contributed by atoms with Crippen molar-refractivity contribution in [3.8, 4) is 16.9 Å². The lowest BCUT2D eigenvalue weighted by Crippen LogP contribution is -2.17. The first kappa shape index (κ1) is 17.8. The molecule has 0 unspecified atom stereocenters. The minimum absolute atomic E-state index is 0.0263. The number of alkyl halides is 3. The molecule has 1 aromatic heterocycles. The fourth-order valence-corrected chi connectivity index (χ4v) is 2.95. The monoisotopic (exact) mass is 385 g/mol. The van der Waals surface area contributed by atoms with E-state index in [2.05, 4.69) is 20.4 Å². The highest BCUT2D eigenvalue weighted by molar-refractivity contribution is 5.99. The van der Waals surface area contributed by atoms with Crippen LogP contribution in [0.25, 0.3) is 11.1 Å². The molecule has 0 saturated heterocycles. The second kappa shape index (κ2) is 6.88. The summed E-state index contributed by atoms with van der Waals surface area (Å²) in [4.78, 5) is 15.8. The zero-order chi connectivity index (χ0) is 19.7. The van der Waals surface area contributed by atoms with Gasteiger partial charge in [-0.1, -0.05) is 18.2 Å². The molecule has 28 heavy (non-hydrogen) atoms. The van der Waals surface area contributed by atoms with Crippen LogP contribution in [0.15, 0.2) is 60.8 Å². The molecule has 0 aliphatic carbocycles. The van der Waals surface area contributed by atoms with Crippen LogP contribution in [-0.2, 0) is 11.2 Å². The van der Waals surface area contributed by atoms with Crippen molar-refractivity contribution in [2.45, 2.75) is 12.8 Å². The molecule has 3 aromatic rings. The average Bonchev–Trinajstić information content (AvgIpc) is 3.00. The summed E-state index contributed by atoms with van der Waals surface area (Å²) in [5.41, 5.74) is 3.93. The third kappa shape index (κ3) is 4.06. The molecule has 1 aliphatic heterocycles. The molecular weight excluding hydrogens is 371 g/mol. The van der Waals surface area contributed by atoms with Crippen LogP contribution in [0.4, 0.5) is 30.4 Å². The Morgan fingerprint density at radius 2 is 1.86 bits per heavy atom. The number of hydrogen-bond donors (Lipinski definition) is 2. The third-order valence-electron chi connectivity index (χ3n) is 4.17. The van der Waals surface area contributed by atoms with E-state index in [1.165, 1.54) is 18.2 Å². The molecule has 0 atom stereocenters. The average molecular weight is 385 g/mol. The van der Waals surface area contributed by atoms with Crippen molar-refractivity contribution < 1.29 is 22.7 Å². The van der Waals surface area contributed by atoms with Gasteiger partial charge >= 0.3 is 6.36 Å². The quantitative estimate of drug-likeness (QED) is 0.672. The zero-order valence-corrected chi connectivity index (χ0v) is 14.4. The molecule has 0 spiro atoms. The fraction of sp³-hybridized carbons (Fsp3) is 0.100. The lowest BCUT2D eigenvalue weighted by Gasteiger charge is -2.11.